The van der Waals surface area contributed by atoms with E-state index in [1.54, 1.807) is 23.2 Å². The summed E-state index contributed by atoms with van der Waals surface area (Å²) in [6, 6.07) is 5.85. The highest BCUT2D eigenvalue weighted by Gasteiger charge is 2.40. The number of hydrogen-bond acceptors (Lipinski definition) is 3. The average Bonchev–Trinajstić information content (AvgIpc) is 3.27. The molecular weight excluding hydrogens is 337 g/mol. The fourth-order valence-electron chi connectivity index (χ4n) is 3.54. The molecule has 0 aliphatic carbocycles. The number of halogens is 1. The van der Waals surface area contributed by atoms with Gasteiger partial charge in [-0.05, 0) is 17.7 Å². The maximum absolute atomic E-state index is 13.1. The topological polar surface area (TPSA) is 75.4 Å². The first kappa shape index (κ1) is 18.1. The number of aryl methyl sites for hydroxylation is 2. The van der Waals surface area contributed by atoms with Crippen LogP contribution in [0.15, 0.2) is 36.7 Å². The van der Waals surface area contributed by atoms with Crippen molar-refractivity contribution in [2.45, 2.75) is 32.2 Å². The third kappa shape index (κ3) is 3.76. The fourth-order valence-corrected chi connectivity index (χ4v) is 3.54. The average molecular weight is 359 g/mol. The molecule has 1 aliphatic heterocycles. The molecule has 1 saturated heterocycles. The first-order chi connectivity index (χ1) is 12.5. The van der Waals surface area contributed by atoms with Gasteiger partial charge in [-0.2, -0.15) is 0 Å². The second-order valence-corrected chi connectivity index (χ2v) is 6.54. The van der Waals surface area contributed by atoms with E-state index in [4.69, 9.17) is 0 Å². The highest BCUT2D eigenvalue weighted by molar-refractivity contribution is 5.79. The largest absolute Gasteiger partial charge is 0.481 e. The van der Waals surface area contributed by atoms with E-state index in [1.807, 2.05) is 17.7 Å². The summed E-state index contributed by atoms with van der Waals surface area (Å²) in [5.41, 5.74) is 0.747. The smallest absolute Gasteiger partial charge is 0.308 e. The van der Waals surface area contributed by atoms with Crippen LogP contribution in [-0.2, 0) is 22.6 Å². The molecule has 6 nitrogen and oxygen atoms in total. The van der Waals surface area contributed by atoms with Crippen LogP contribution in [0, 0.1) is 11.7 Å². The van der Waals surface area contributed by atoms with Gasteiger partial charge in [0.05, 0.1) is 5.92 Å². The summed E-state index contributed by atoms with van der Waals surface area (Å²) in [4.78, 5) is 30.0. The number of nitrogens with zero attached hydrogens (tertiary/aromatic N) is 3. The number of hydrogen-bond donors (Lipinski definition) is 1. The molecule has 0 radical (unpaired) electrons. The Morgan fingerprint density at radius 1 is 1.27 bits per heavy atom. The van der Waals surface area contributed by atoms with Crippen molar-refractivity contribution in [2.75, 3.05) is 13.1 Å². The van der Waals surface area contributed by atoms with Crippen molar-refractivity contribution >= 4 is 11.9 Å². The number of carboxylic acids is 1. The number of aliphatic carboxylic acids is 1. The molecule has 2 aromatic rings. The van der Waals surface area contributed by atoms with Gasteiger partial charge in [0.15, 0.2) is 0 Å². The number of rotatable bonds is 6. The van der Waals surface area contributed by atoms with Gasteiger partial charge in [0.25, 0.3) is 0 Å². The van der Waals surface area contributed by atoms with Crippen LogP contribution in [0.25, 0.3) is 0 Å². The molecule has 3 rings (SSSR count). The normalized spacial score (nSPS) is 19.7. The van der Waals surface area contributed by atoms with Crippen LogP contribution in [0.3, 0.4) is 0 Å². The van der Waals surface area contributed by atoms with E-state index in [0.29, 0.717) is 19.5 Å². The van der Waals surface area contributed by atoms with Crippen LogP contribution in [0.5, 0.6) is 0 Å². The minimum absolute atomic E-state index is 0.0726. The fraction of sp³-hybridized carbons (Fsp3) is 0.421. The molecule has 1 aromatic heterocycles. The number of imidazole rings is 1. The van der Waals surface area contributed by atoms with E-state index in [9.17, 15) is 19.1 Å². The molecule has 0 saturated carbocycles. The first-order valence-electron chi connectivity index (χ1n) is 8.75. The molecule has 0 unspecified atom stereocenters. The predicted molar refractivity (Wildman–Crippen MR) is 93.1 cm³/mol. The molecule has 1 N–H and O–H groups in total. The summed E-state index contributed by atoms with van der Waals surface area (Å²) in [5, 5.41) is 9.52. The lowest BCUT2D eigenvalue weighted by Crippen LogP contribution is -2.30. The minimum atomic E-state index is -0.933. The summed E-state index contributed by atoms with van der Waals surface area (Å²) in [6.07, 6.45) is 4.64. The maximum Gasteiger partial charge on any atom is 0.308 e. The Labute approximate surface area is 151 Å². The quantitative estimate of drug-likeness (QED) is 0.859. The van der Waals surface area contributed by atoms with E-state index < -0.39 is 11.9 Å². The summed E-state index contributed by atoms with van der Waals surface area (Å²) in [6.45, 7) is 3.05. The Morgan fingerprint density at radius 2 is 2.00 bits per heavy atom. The Kier molecular flexibility index (Phi) is 5.35. The zero-order valence-electron chi connectivity index (χ0n) is 14.6. The van der Waals surface area contributed by atoms with E-state index in [2.05, 4.69) is 4.98 Å². The molecule has 1 amide bonds. The van der Waals surface area contributed by atoms with E-state index in [1.165, 1.54) is 12.1 Å². The molecule has 2 atom stereocenters. The van der Waals surface area contributed by atoms with E-state index >= 15 is 0 Å². The Balaban J connectivity index is 1.67. The van der Waals surface area contributed by atoms with Crippen LogP contribution < -0.4 is 0 Å². The molecule has 1 aromatic carbocycles. The lowest BCUT2D eigenvalue weighted by atomic mass is 9.89. The number of amides is 1. The predicted octanol–water partition coefficient (Wildman–Crippen LogP) is 2.30. The Morgan fingerprint density at radius 3 is 2.65 bits per heavy atom. The summed E-state index contributed by atoms with van der Waals surface area (Å²) < 4.78 is 15.1. The van der Waals surface area contributed by atoms with Crippen LogP contribution in [0.4, 0.5) is 4.39 Å². The maximum atomic E-state index is 13.1. The number of carbonyl (C=O) groups is 2. The zero-order chi connectivity index (χ0) is 18.7. The van der Waals surface area contributed by atoms with Gasteiger partial charge in [0.1, 0.15) is 11.6 Å². The van der Waals surface area contributed by atoms with Gasteiger partial charge in [-0.3, -0.25) is 9.59 Å². The zero-order valence-corrected chi connectivity index (χ0v) is 14.6. The molecule has 26 heavy (non-hydrogen) atoms. The van der Waals surface area contributed by atoms with Crippen molar-refractivity contribution in [1.82, 2.24) is 14.5 Å². The monoisotopic (exact) mass is 359 g/mol. The summed E-state index contributed by atoms with van der Waals surface area (Å²) in [5.74, 6) is -1.44. The van der Waals surface area contributed by atoms with Gasteiger partial charge >= 0.3 is 5.97 Å². The van der Waals surface area contributed by atoms with Crippen LogP contribution in [0.1, 0.15) is 30.7 Å². The lowest BCUT2D eigenvalue weighted by Gasteiger charge is -2.17. The number of carboxylic acid groups (broad SMARTS) is 1. The van der Waals surface area contributed by atoms with Gasteiger partial charge in [-0.1, -0.05) is 19.1 Å². The van der Waals surface area contributed by atoms with Crippen molar-refractivity contribution in [3.63, 3.8) is 0 Å². The van der Waals surface area contributed by atoms with Crippen molar-refractivity contribution < 1.29 is 19.1 Å². The van der Waals surface area contributed by atoms with Crippen LogP contribution in [-0.4, -0.2) is 44.5 Å². The second-order valence-electron chi connectivity index (χ2n) is 6.54. The van der Waals surface area contributed by atoms with Gasteiger partial charge in [-0.15, -0.1) is 0 Å². The van der Waals surface area contributed by atoms with Crippen molar-refractivity contribution in [3.8, 4) is 0 Å². The highest BCUT2D eigenvalue weighted by atomic mass is 19.1. The van der Waals surface area contributed by atoms with Crippen LogP contribution in [0.2, 0.25) is 0 Å². The molecule has 0 spiro atoms. The third-order valence-electron chi connectivity index (χ3n) is 4.97. The van der Waals surface area contributed by atoms with Crippen molar-refractivity contribution in [1.29, 1.82) is 0 Å². The van der Waals surface area contributed by atoms with Crippen molar-refractivity contribution in [2.24, 2.45) is 5.92 Å². The first-order valence-corrected chi connectivity index (χ1v) is 8.75. The Bertz CT molecular complexity index is 788. The van der Waals surface area contributed by atoms with Gasteiger partial charge in [0.2, 0.25) is 5.91 Å². The molecule has 0 bridgehead atoms. The SMILES string of the molecule is CCc1nccn1CCC(=O)N1C[C@H](C(=O)O)[C@@H](c2ccc(F)cc2)C1. The van der Waals surface area contributed by atoms with Crippen molar-refractivity contribution in [3.05, 3.63) is 53.9 Å². The van der Waals surface area contributed by atoms with E-state index in [-0.39, 0.29) is 24.2 Å². The van der Waals surface area contributed by atoms with E-state index in [0.717, 1.165) is 17.8 Å². The number of benzene rings is 1. The number of carbonyl (C=O) groups excluding carboxylic acids is 1. The molecule has 7 heteroatoms. The third-order valence-corrected chi connectivity index (χ3v) is 4.97. The number of aromatic nitrogens is 2. The molecule has 1 aliphatic rings. The minimum Gasteiger partial charge on any atom is -0.481 e. The standard InChI is InChI=1S/C19H22FN3O3/c1-2-17-21-8-10-22(17)9-7-18(24)23-11-15(16(12-23)19(25)26)13-3-5-14(20)6-4-13/h3-6,8,10,15-16H,2,7,9,11-12H2,1H3,(H,25,26)/t15-,16+/m1/s1. The van der Waals surface area contributed by atoms with Gasteiger partial charge in [-0.25, -0.2) is 9.37 Å². The van der Waals surface area contributed by atoms with Gasteiger partial charge in [0, 0.05) is 50.8 Å². The van der Waals surface area contributed by atoms with Crippen LogP contribution >= 0.6 is 0 Å². The number of likely N-dealkylation sites (tertiary alicyclic amines) is 1. The summed E-state index contributed by atoms with van der Waals surface area (Å²) in [7, 11) is 0. The van der Waals surface area contributed by atoms with Gasteiger partial charge < -0.3 is 14.6 Å². The highest BCUT2D eigenvalue weighted by Crippen LogP contribution is 2.33. The lowest BCUT2D eigenvalue weighted by molar-refractivity contribution is -0.141. The molecular formula is C19H22FN3O3. The molecule has 1 fully saturated rings. The Hall–Kier alpha value is -2.70. The molecule has 2 heterocycles. The second kappa shape index (κ2) is 7.68. The summed E-state index contributed by atoms with van der Waals surface area (Å²) >= 11 is 0. The molecule has 138 valence electrons.